The number of hydrogen-bond acceptors (Lipinski definition) is 2. The molecule has 1 aromatic rings. The Morgan fingerprint density at radius 1 is 1.33 bits per heavy atom. The molecule has 1 N–H and O–H groups in total. The molecule has 0 spiro atoms. The van der Waals surface area contributed by atoms with Crippen LogP contribution in [0, 0.1) is 0 Å². The molecule has 0 amide bonds. The van der Waals surface area contributed by atoms with E-state index >= 15 is 0 Å². The Hall–Kier alpha value is -0.730. The average molecular weight is 223 g/mol. The van der Waals surface area contributed by atoms with Gasteiger partial charge in [0.1, 0.15) is 0 Å². The van der Waals surface area contributed by atoms with Crippen LogP contribution in [0.25, 0.3) is 0 Å². The third-order valence-electron chi connectivity index (χ3n) is 3.46. The minimum absolute atomic E-state index is 0.687. The summed E-state index contributed by atoms with van der Waals surface area (Å²) in [7, 11) is 0. The fourth-order valence-corrected chi connectivity index (χ4v) is 2.58. The first-order valence-corrected chi connectivity index (χ1v) is 5.97. The first kappa shape index (κ1) is 9.49. The lowest BCUT2D eigenvalue weighted by molar-refractivity contribution is 0.122. The topological polar surface area (TPSA) is 15.3 Å². The van der Waals surface area contributed by atoms with Crippen molar-refractivity contribution in [2.45, 2.75) is 18.9 Å². The number of benzene rings is 1. The summed E-state index contributed by atoms with van der Waals surface area (Å²) in [6.07, 6.45) is 2.53. The second kappa shape index (κ2) is 3.69. The van der Waals surface area contributed by atoms with Crippen molar-refractivity contribution in [2.24, 2.45) is 0 Å². The van der Waals surface area contributed by atoms with E-state index < -0.39 is 0 Å². The van der Waals surface area contributed by atoms with E-state index in [4.69, 9.17) is 11.6 Å². The summed E-state index contributed by atoms with van der Waals surface area (Å²) in [6, 6.07) is 6.85. The number of nitrogens with zero attached hydrogens (tertiary/aromatic N) is 1. The van der Waals surface area contributed by atoms with Gasteiger partial charge in [0.2, 0.25) is 0 Å². The Labute approximate surface area is 95.2 Å². The van der Waals surface area contributed by atoms with E-state index in [0.29, 0.717) is 6.04 Å². The number of halogens is 1. The van der Waals surface area contributed by atoms with Crippen LogP contribution in [0.4, 0.5) is 5.69 Å². The number of likely N-dealkylation sites (tertiary alicyclic amines) is 1. The van der Waals surface area contributed by atoms with Crippen LogP contribution in [0.2, 0.25) is 5.02 Å². The fourth-order valence-electron chi connectivity index (χ4n) is 2.41. The van der Waals surface area contributed by atoms with Gasteiger partial charge in [-0.1, -0.05) is 17.7 Å². The van der Waals surface area contributed by atoms with E-state index in [1.54, 1.807) is 0 Å². The number of nitrogens with one attached hydrogen (secondary N) is 1. The molecule has 2 aliphatic heterocycles. The lowest BCUT2D eigenvalue weighted by atomic mass is 9.96. The first-order valence-electron chi connectivity index (χ1n) is 5.59. The molecule has 2 nitrogen and oxygen atoms in total. The van der Waals surface area contributed by atoms with E-state index in [2.05, 4.69) is 16.3 Å². The zero-order valence-electron chi connectivity index (χ0n) is 8.67. The van der Waals surface area contributed by atoms with Gasteiger partial charge in [0, 0.05) is 23.3 Å². The number of anilines is 1. The Kier molecular flexibility index (Phi) is 2.33. The molecule has 0 aromatic heterocycles. The zero-order chi connectivity index (χ0) is 10.3. The van der Waals surface area contributed by atoms with Crippen LogP contribution in [0.5, 0.6) is 0 Å². The largest absolute Gasteiger partial charge is 0.383 e. The molecular formula is C12H15ClN2. The van der Waals surface area contributed by atoms with Gasteiger partial charge in [-0.2, -0.15) is 0 Å². The van der Waals surface area contributed by atoms with Crippen molar-refractivity contribution in [1.29, 1.82) is 0 Å². The van der Waals surface area contributed by atoms with Crippen LogP contribution in [0.15, 0.2) is 18.2 Å². The summed E-state index contributed by atoms with van der Waals surface area (Å²) >= 11 is 5.96. The molecule has 1 saturated heterocycles. The summed E-state index contributed by atoms with van der Waals surface area (Å²) in [5, 5.41) is 4.30. The standard InChI is InChI=1S/C12H15ClN2/c13-10-3-2-9-6-11(15-4-1-5-15)8-14-12(9)7-10/h2-3,7,11,14H,1,4-6,8H2. The van der Waals surface area contributed by atoms with Crippen LogP contribution >= 0.6 is 11.6 Å². The Balaban J connectivity index is 1.80. The minimum Gasteiger partial charge on any atom is -0.383 e. The van der Waals surface area contributed by atoms with E-state index in [0.717, 1.165) is 11.6 Å². The summed E-state index contributed by atoms with van der Waals surface area (Å²) in [5.74, 6) is 0. The molecule has 15 heavy (non-hydrogen) atoms. The Morgan fingerprint density at radius 3 is 2.93 bits per heavy atom. The molecule has 1 unspecified atom stereocenters. The second-order valence-corrected chi connectivity index (χ2v) is 4.87. The predicted molar refractivity (Wildman–Crippen MR) is 63.6 cm³/mol. The van der Waals surface area contributed by atoms with Crippen molar-refractivity contribution in [3.63, 3.8) is 0 Å². The molecule has 0 bridgehead atoms. The maximum Gasteiger partial charge on any atom is 0.0426 e. The van der Waals surface area contributed by atoms with Crippen molar-refractivity contribution < 1.29 is 0 Å². The van der Waals surface area contributed by atoms with Gasteiger partial charge >= 0.3 is 0 Å². The highest BCUT2D eigenvalue weighted by Gasteiger charge is 2.27. The smallest absolute Gasteiger partial charge is 0.0426 e. The fraction of sp³-hybridized carbons (Fsp3) is 0.500. The van der Waals surface area contributed by atoms with Gasteiger partial charge in [0.25, 0.3) is 0 Å². The summed E-state index contributed by atoms with van der Waals surface area (Å²) in [6.45, 7) is 3.61. The predicted octanol–water partition coefficient (Wildman–Crippen LogP) is 2.38. The maximum atomic E-state index is 5.96. The van der Waals surface area contributed by atoms with Crippen LogP contribution < -0.4 is 5.32 Å². The number of rotatable bonds is 1. The van der Waals surface area contributed by atoms with Crippen molar-refractivity contribution in [3.8, 4) is 0 Å². The van der Waals surface area contributed by atoms with Crippen LogP contribution in [0.3, 0.4) is 0 Å². The van der Waals surface area contributed by atoms with Crippen LogP contribution in [-0.2, 0) is 6.42 Å². The van der Waals surface area contributed by atoms with Gasteiger partial charge in [0.15, 0.2) is 0 Å². The van der Waals surface area contributed by atoms with Crippen molar-refractivity contribution in [3.05, 3.63) is 28.8 Å². The quantitative estimate of drug-likeness (QED) is 0.785. The highest BCUT2D eigenvalue weighted by atomic mass is 35.5. The van der Waals surface area contributed by atoms with Crippen molar-refractivity contribution >= 4 is 17.3 Å². The van der Waals surface area contributed by atoms with E-state index in [1.807, 2.05) is 12.1 Å². The molecule has 1 atom stereocenters. The van der Waals surface area contributed by atoms with E-state index in [9.17, 15) is 0 Å². The lowest BCUT2D eigenvalue weighted by Crippen LogP contribution is -2.50. The Bertz CT molecular complexity index is 374. The monoisotopic (exact) mass is 222 g/mol. The minimum atomic E-state index is 0.687. The van der Waals surface area contributed by atoms with Crippen molar-refractivity contribution in [2.75, 3.05) is 25.0 Å². The summed E-state index contributed by atoms with van der Waals surface area (Å²) in [4.78, 5) is 2.56. The molecule has 3 rings (SSSR count). The van der Waals surface area contributed by atoms with Crippen molar-refractivity contribution in [1.82, 2.24) is 4.90 Å². The molecule has 1 aromatic carbocycles. The number of hydrogen-bond donors (Lipinski definition) is 1. The van der Waals surface area contributed by atoms with Gasteiger partial charge in [-0.15, -0.1) is 0 Å². The maximum absolute atomic E-state index is 5.96. The summed E-state index contributed by atoms with van der Waals surface area (Å²) < 4.78 is 0. The van der Waals surface area contributed by atoms with Gasteiger partial charge in [-0.05, 0) is 43.6 Å². The van der Waals surface area contributed by atoms with Gasteiger partial charge in [-0.25, -0.2) is 0 Å². The molecule has 2 heterocycles. The third kappa shape index (κ3) is 1.72. The van der Waals surface area contributed by atoms with E-state index in [1.165, 1.54) is 37.2 Å². The third-order valence-corrected chi connectivity index (χ3v) is 3.70. The van der Waals surface area contributed by atoms with Crippen LogP contribution in [-0.4, -0.2) is 30.6 Å². The second-order valence-electron chi connectivity index (χ2n) is 4.43. The van der Waals surface area contributed by atoms with Gasteiger partial charge in [0.05, 0.1) is 0 Å². The van der Waals surface area contributed by atoms with Gasteiger partial charge < -0.3 is 5.32 Å². The summed E-state index contributed by atoms with van der Waals surface area (Å²) in [5.41, 5.74) is 2.63. The molecule has 0 aliphatic carbocycles. The SMILES string of the molecule is Clc1ccc2c(c1)NCC(N1CCC1)C2. The normalized spacial score (nSPS) is 25.3. The van der Waals surface area contributed by atoms with Crippen LogP contribution in [0.1, 0.15) is 12.0 Å². The lowest BCUT2D eigenvalue weighted by Gasteiger charge is -2.41. The first-order chi connectivity index (χ1) is 7.33. The molecule has 0 radical (unpaired) electrons. The Morgan fingerprint density at radius 2 is 2.20 bits per heavy atom. The molecule has 1 fully saturated rings. The molecule has 3 heteroatoms. The van der Waals surface area contributed by atoms with E-state index in [-0.39, 0.29) is 0 Å². The molecule has 80 valence electrons. The number of fused-ring (bicyclic) bond motifs is 1. The molecule has 0 saturated carbocycles. The zero-order valence-corrected chi connectivity index (χ0v) is 9.43. The highest BCUT2D eigenvalue weighted by molar-refractivity contribution is 6.30. The molecule has 2 aliphatic rings. The average Bonchev–Trinajstić information content (AvgIpc) is 2.15. The highest BCUT2D eigenvalue weighted by Crippen LogP contribution is 2.28. The molecular weight excluding hydrogens is 208 g/mol. The van der Waals surface area contributed by atoms with Gasteiger partial charge in [-0.3, -0.25) is 4.90 Å².